The van der Waals surface area contributed by atoms with Crippen LogP contribution in [0, 0.1) is 11.6 Å². The van der Waals surface area contributed by atoms with Crippen LogP contribution in [0.15, 0.2) is 42.5 Å². The van der Waals surface area contributed by atoms with Gasteiger partial charge in [0.15, 0.2) is 17.7 Å². The molecule has 4 nitrogen and oxygen atoms in total. The Labute approximate surface area is 133 Å². The van der Waals surface area contributed by atoms with E-state index in [0.29, 0.717) is 18.0 Å². The molecule has 0 saturated heterocycles. The topological polar surface area (TPSA) is 47.6 Å². The van der Waals surface area contributed by atoms with Crippen molar-refractivity contribution in [2.75, 3.05) is 11.9 Å². The van der Waals surface area contributed by atoms with E-state index >= 15 is 0 Å². The monoisotopic (exact) mass is 321 g/mol. The Morgan fingerprint density at radius 3 is 2.35 bits per heavy atom. The maximum atomic E-state index is 13.1. The second-order valence-electron chi connectivity index (χ2n) is 4.78. The van der Waals surface area contributed by atoms with Crippen LogP contribution in [0.25, 0.3) is 0 Å². The van der Waals surface area contributed by atoms with Crippen molar-refractivity contribution in [1.29, 1.82) is 0 Å². The van der Waals surface area contributed by atoms with Crippen molar-refractivity contribution in [1.82, 2.24) is 0 Å². The van der Waals surface area contributed by atoms with E-state index in [4.69, 9.17) is 9.47 Å². The summed E-state index contributed by atoms with van der Waals surface area (Å²) in [5, 5.41) is 2.67. The molecule has 2 aromatic carbocycles. The van der Waals surface area contributed by atoms with Crippen molar-refractivity contribution < 1.29 is 23.0 Å². The summed E-state index contributed by atoms with van der Waals surface area (Å²) in [5.41, 5.74) is 0.583. The van der Waals surface area contributed by atoms with Gasteiger partial charge in [0.2, 0.25) is 0 Å². The maximum absolute atomic E-state index is 13.1. The first-order valence-corrected chi connectivity index (χ1v) is 7.15. The second-order valence-corrected chi connectivity index (χ2v) is 4.78. The van der Waals surface area contributed by atoms with Gasteiger partial charge in [0.1, 0.15) is 11.5 Å². The number of hydrogen-bond donors (Lipinski definition) is 1. The number of rotatable bonds is 6. The number of benzene rings is 2. The van der Waals surface area contributed by atoms with Gasteiger partial charge in [0.05, 0.1) is 6.61 Å². The summed E-state index contributed by atoms with van der Waals surface area (Å²) in [7, 11) is 0. The fourth-order valence-electron chi connectivity index (χ4n) is 1.85. The number of carbonyl (C=O) groups is 1. The van der Waals surface area contributed by atoms with Gasteiger partial charge in [0, 0.05) is 11.8 Å². The summed E-state index contributed by atoms with van der Waals surface area (Å²) in [4.78, 5) is 12.0. The number of carbonyl (C=O) groups excluding carboxylic acids is 1. The molecule has 0 aliphatic carbocycles. The van der Waals surface area contributed by atoms with Crippen LogP contribution in [0.3, 0.4) is 0 Å². The number of hydrogen-bond acceptors (Lipinski definition) is 3. The zero-order valence-electron chi connectivity index (χ0n) is 12.8. The highest BCUT2D eigenvalue weighted by atomic mass is 19.2. The van der Waals surface area contributed by atoms with Gasteiger partial charge >= 0.3 is 0 Å². The number of halogens is 2. The van der Waals surface area contributed by atoms with Crippen molar-refractivity contribution in [2.24, 2.45) is 0 Å². The minimum Gasteiger partial charge on any atom is -0.494 e. The average molecular weight is 321 g/mol. The predicted octanol–water partition coefficient (Wildman–Crippen LogP) is 3.77. The van der Waals surface area contributed by atoms with E-state index in [9.17, 15) is 13.6 Å². The van der Waals surface area contributed by atoms with Crippen molar-refractivity contribution in [3.63, 3.8) is 0 Å². The molecule has 0 saturated carbocycles. The van der Waals surface area contributed by atoms with Gasteiger partial charge < -0.3 is 14.8 Å². The third-order valence-corrected chi connectivity index (χ3v) is 3.01. The van der Waals surface area contributed by atoms with E-state index in [0.717, 1.165) is 12.1 Å². The summed E-state index contributed by atoms with van der Waals surface area (Å²) in [6.45, 7) is 3.96. The number of nitrogens with one attached hydrogen (secondary N) is 1. The van der Waals surface area contributed by atoms with Crippen LogP contribution in [0.1, 0.15) is 13.8 Å². The van der Waals surface area contributed by atoms with Crippen LogP contribution < -0.4 is 14.8 Å². The molecule has 0 aliphatic heterocycles. The number of ether oxygens (including phenoxy) is 2. The summed E-state index contributed by atoms with van der Waals surface area (Å²) in [6, 6.07) is 9.98. The van der Waals surface area contributed by atoms with Crippen LogP contribution >= 0.6 is 0 Å². The Morgan fingerprint density at radius 2 is 1.74 bits per heavy atom. The summed E-state index contributed by atoms with van der Waals surface area (Å²) in [6.07, 6.45) is -0.869. The highest BCUT2D eigenvalue weighted by molar-refractivity contribution is 5.94. The molecule has 2 aromatic rings. The van der Waals surface area contributed by atoms with E-state index in [2.05, 4.69) is 5.32 Å². The van der Waals surface area contributed by atoms with Crippen LogP contribution in [-0.4, -0.2) is 18.6 Å². The second kappa shape index (κ2) is 7.58. The Morgan fingerprint density at radius 1 is 1.09 bits per heavy atom. The molecule has 0 radical (unpaired) electrons. The molecule has 1 N–H and O–H groups in total. The van der Waals surface area contributed by atoms with Crippen molar-refractivity contribution >= 4 is 11.6 Å². The van der Waals surface area contributed by atoms with Crippen LogP contribution in [-0.2, 0) is 4.79 Å². The molecule has 0 aromatic heterocycles. The van der Waals surface area contributed by atoms with Gasteiger partial charge in [-0.15, -0.1) is 0 Å². The predicted molar refractivity (Wildman–Crippen MR) is 82.7 cm³/mol. The lowest BCUT2D eigenvalue weighted by atomic mass is 10.2. The lowest BCUT2D eigenvalue weighted by Crippen LogP contribution is -2.30. The molecule has 0 spiro atoms. The fourth-order valence-corrected chi connectivity index (χ4v) is 1.85. The smallest absolute Gasteiger partial charge is 0.265 e. The van der Waals surface area contributed by atoms with Crippen molar-refractivity contribution in [3.05, 3.63) is 54.1 Å². The highest BCUT2D eigenvalue weighted by Crippen LogP contribution is 2.18. The molecule has 0 bridgehead atoms. The molecule has 2 rings (SSSR count). The van der Waals surface area contributed by atoms with E-state index in [-0.39, 0.29) is 5.75 Å². The molecule has 23 heavy (non-hydrogen) atoms. The van der Waals surface area contributed by atoms with Crippen LogP contribution in [0.4, 0.5) is 14.5 Å². The Balaban J connectivity index is 1.95. The van der Waals surface area contributed by atoms with Crippen molar-refractivity contribution in [2.45, 2.75) is 20.0 Å². The molecule has 1 atom stereocenters. The van der Waals surface area contributed by atoms with Crippen LogP contribution in [0.2, 0.25) is 0 Å². The third kappa shape index (κ3) is 4.67. The fraction of sp³-hybridized carbons (Fsp3) is 0.235. The highest BCUT2D eigenvalue weighted by Gasteiger charge is 2.16. The lowest BCUT2D eigenvalue weighted by Gasteiger charge is -2.15. The number of amides is 1. The minimum atomic E-state index is -1.03. The van der Waals surface area contributed by atoms with E-state index in [1.165, 1.54) is 13.0 Å². The largest absolute Gasteiger partial charge is 0.494 e. The standard InChI is InChI=1S/C17H17F2NO3/c1-3-22-13-6-4-12(5-7-13)20-17(21)11(2)23-14-8-9-15(18)16(19)10-14/h4-11H,3H2,1-2H3,(H,20,21)/t11-/m1/s1. The molecular weight excluding hydrogens is 304 g/mol. The first-order valence-electron chi connectivity index (χ1n) is 7.15. The molecule has 0 unspecified atom stereocenters. The van der Waals surface area contributed by atoms with Crippen LogP contribution in [0.5, 0.6) is 11.5 Å². The average Bonchev–Trinajstić information content (AvgIpc) is 2.53. The summed E-state index contributed by atoms with van der Waals surface area (Å²) >= 11 is 0. The zero-order chi connectivity index (χ0) is 16.8. The molecule has 6 heteroatoms. The number of anilines is 1. The maximum Gasteiger partial charge on any atom is 0.265 e. The molecule has 0 heterocycles. The minimum absolute atomic E-state index is 0.0817. The lowest BCUT2D eigenvalue weighted by molar-refractivity contribution is -0.122. The molecule has 122 valence electrons. The Bertz CT molecular complexity index is 674. The zero-order valence-corrected chi connectivity index (χ0v) is 12.8. The summed E-state index contributed by atoms with van der Waals surface area (Å²) in [5.74, 6) is -1.61. The first kappa shape index (κ1) is 16.7. The van der Waals surface area contributed by atoms with Gasteiger partial charge in [0.25, 0.3) is 5.91 Å². The summed E-state index contributed by atoms with van der Waals surface area (Å²) < 4.78 is 36.6. The van der Waals surface area contributed by atoms with Gasteiger partial charge in [-0.05, 0) is 50.2 Å². The third-order valence-electron chi connectivity index (χ3n) is 3.01. The SMILES string of the molecule is CCOc1ccc(NC(=O)[C@@H](C)Oc2ccc(F)c(F)c2)cc1. The van der Waals surface area contributed by atoms with Gasteiger partial charge in [-0.25, -0.2) is 8.78 Å². The van der Waals surface area contributed by atoms with Gasteiger partial charge in [-0.1, -0.05) is 0 Å². The van der Waals surface area contributed by atoms with Crippen molar-refractivity contribution in [3.8, 4) is 11.5 Å². The normalized spacial score (nSPS) is 11.7. The van der Waals surface area contributed by atoms with Gasteiger partial charge in [-0.2, -0.15) is 0 Å². The molecule has 0 fully saturated rings. The van der Waals surface area contributed by atoms with E-state index < -0.39 is 23.6 Å². The van der Waals surface area contributed by atoms with E-state index in [1.807, 2.05) is 6.92 Å². The molecular formula is C17H17F2NO3. The molecule has 0 aliphatic rings. The van der Waals surface area contributed by atoms with Gasteiger partial charge in [-0.3, -0.25) is 4.79 Å². The Hall–Kier alpha value is -2.63. The first-order chi connectivity index (χ1) is 11.0. The molecule has 1 amide bonds. The van der Waals surface area contributed by atoms with E-state index in [1.54, 1.807) is 24.3 Å². The Kier molecular flexibility index (Phi) is 5.51. The quantitative estimate of drug-likeness (QED) is 0.881.